The number of rotatable bonds is 5. The summed E-state index contributed by atoms with van der Waals surface area (Å²) in [6.07, 6.45) is -2.70. The maximum absolute atomic E-state index is 12.8. The first-order valence-corrected chi connectivity index (χ1v) is 8.13. The zero-order chi connectivity index (χ0) is 18.3. The molecule has 0 radical (unpaired) electrons. The van der Waals surface area contributed by atoms with Gasteiger partial charge >= 0.3 is 12.1 Å². The number of hydrogen-bond acceptors (Lipinski definition) is 3. The fraction of sp³-hybridized carbons (Fsp3) is 0.278. The maximum atomic E-state index is 12.8. The number of benzene rings is 2. The summed E-state index contributed by atoms with van der Waals surface area (Å²) in [5.74, 6) is 0.414. The molecule has 0 amide bonds. The number of nitrogens with one attached hydrogen (secondary N) is 2. The van der Waals surface area contributed by atoms with E-state index in [1.54, 1.807) is 24.3 Å². The molecule has 5 nitrogen and oxygen atoms in total. The van der Waals surface area contributed by atoms with Crippen molar-refractivity contribution in [2.45, 2.75) is 19.2 Å². The summed E-state index contributed by atoms with van der Waals surface area (Å²) in [5, 5.41) is 0. The van der Waals surface area contributed by atoms with Crippen molar-refractivity contribution in [2.75, 3.05) is 6.61 Å². The summed E-state index contributed by atoms with van der Waals surface area (Å²) in [7, 11) is 0. The van der Waals surface area contributed by atoms with Crippen LogP contribution in [0.2, 0.25) is 0 Å². The molecule has 3 aromatic rings. The van der Waals surface area contributed by atoms with Crippen LogP contribution >= 0.6 is 0 Å². The molecule has 1 fully saturated rings. The zero-order valence-electron chi connectivity index (χ0n) is 13.5. The minimum atomic E-state index is -4.82. The molecule has 1 saturated carbocycles. The van der Waals surface area contributed by atoms with Gasteiger partial charge in [-0.1, -0.05) is 12.1 Å². The van der Waals surface area contributed by atoms with E-state index in [4.69, 9.17) is 4.74 Å². The minimum absolute atomic E-state index is 0.203. The van der Waals surface area contributed by atoms with Crippen molar-refractivity contribution in [3.05, 3.63) is 46.9 Å². The highest BCUT2D eigenvalue weighted by Crippen LogP contribution is 2.42. The van der Waals surface area contributed by atoms with Gasteiger partial charge in [0.1, 0.15) is 11.5 Å². The van der Waals surface area contributed by atoms with Gasteiger partial charge in [0.05, 0.1) is 23.2 Å². The van der Waals surface area contributed by atoms with Crippen LogP contribution < -0.4 is 15.2 Å². The van der Waals surface area contributed by atoms with Crippen LogP contribution in [0.1, 0.15) is 12.8 Å². The normalized spacial score (nSPS) is 14.6. The average Bonchev–Trinajstić information content (AvgIpc) is 3.31. The standard InChI is InChI=1S/C18H15F3N2O3/c19-18(20,21)26-15-3-1-2-14(25-9-10-4-5-10)16(15)11-6-7-12-13(8-11)23-17(24)22-12/h1-3,6-8,10H,4-5,9H2,(H2,22,23,24). The fourth-order valence-electron chi connectivity index (χ4n) is 2.81. The van der Waals surface area contributed by atoms with Crippen LogP contribution in [0.5, 0.6) is 11.5 Å². The van der Waals surface area contributed by atoms with E-state index in [0.29, 0.717) is 34.9 Å². The Morgan fingerprint density at radius 3 is 2.50 bits per heavy atom. The first kappa shape index (κ1) is 16.6. The number of alkyl halides is 3. The molecule has 0 spiro atoms. The first-order valence-electron chi connectivity index (χ1n) is 8.13. The summed E-state index contributed by atoms with van der Waals surface area (Å²) in [6, 6.07) is 9.16. The number of aromatic amines is 2. The maximum Gasteiger partial charge on any atom is 0.573 e. The van der Waals surface area contributed by atoms with Crippen LogP contribution in [0.25, 0.3) is 22.2 Å². The summed E-state index contributed by atoms with van der Waals surface area (Å²) in [4.78, 5) is 16.6. The highest BCUT2D eigenvalue weighted by Gasteiger charge is 2.33. The molecule has 0 saturated heterocycles. The van der Waals surface area contributed by atoms with E-state index in [1.807, 2.05) is 0 Å². The monoisotopic (exact) mass is 364 g/mol. The fourth-order valence-corrected chi connectivity index (χ4v) is 2.81. The third-order valence-corrected chi connectivity index (χ3v) is 4.19. The van der Waals surface area contributed by atoms with Crippen molar-refractivity contribution in [2.24, 2.45) is 5.92 Å². The Morgan fingerprint density at radius 1 is 1.04 bits per heavy atom. The molecule has 1 aromatic heterocycles. The van der Waals surface area contributed by atoms with Crippen LogP contribution in [0.15, 0.2) is 41.2 Å². The van der Waals surface area contributed by atoms with E-state index >= 15 is 0 Å². The second kappa shape index (κ2) is 6.12. The SMILES string of the molecule is O=c1[nH]c2ccc(-c3c(OCC4CC4)cccc3OC(F)(F)F)cc2[nH]1. The average molecular weight is 364 g/mol. The molecule has 1 aliphatic carbocycles. The molecule has 1 heterocycles. The molecular weight excluding hydrogens is 349 g/mol. The van der Waals surface area contributed by atoms with Gasteiger partial charge in [-0.05, 0) is 48.6 Å². The first-order chi connectivity index (χ1) is 12.4. The van der Waals surface area contributed by atoms with Crippen LogP contribution in [0.3, 0.4) is 0 Å². The van der Waals surface area contributed by atoms with Crippen molar-refractivity contribution in [1.82, 2.24) is 9.97 Å². The molecule has 8 heteroatoms. The van der Waals surface area contributed by atoms with Crippen molar-refractivity contribution < 1.29 is 22.6 Å². The molecule has 0 bridgehead atoms. The number of H-pyrrole nitrogens is 2. The molecule has 4 rings (SSSR count). The molecule has 26 heavy (non-hydrogen) atoms. The second-order valence-corrected chi connectivity index (χ2v) is 6.27. The summed E-state index contributed by atoms with van der Waals surface area (Å²) < 4.78 is 48.5. The van der Waals surface area contributed by atoms with Gasteiger partial charge in [0.25, 0.3) is 0 Å². The van der Waals surface area contributed by atoms with Crippen LogP contribution in [-0.4, -0.2) is 22.9 Å². The van der Waals surface area contributed by atoms with Gasteiger partial charge in [-0.15, -0.1) is 13.2 Å². The molecule has 2 N–H and O–H groups in total. The predicted molar refractivity (Wildman–Crippen MR) is 89.3 cm³/mol. The molecule has 0 unspecified atom stereocenters. The number of halogens is 3. The van der Waals surface area contributed by atoms with Crippen molar-refractivity contribution in [3.8, 4) is 22.6 Å². The van der Waals surface area contributed by atoms with E-state index < -0.39 is 6.36 Å². The minimum Gasteiger partial charge on any atom is -0.493 e. The second-order valence-electron chi connectivity index (χ2n) is 6.27. The Labute approximate surface area is 145 Å². The van der Waals surface area contributed by atoms with Gasteiger partial charge in [-0.2, -0.15) is 0 Å². The molecule has 0 aliphatic heterocycles. The van der Waals surface area contributed by atoms with Crippen molar-refractivity contribution >= 4 is 11.0 Å². The Morgan fingerprint density at radius 2 is 1.77 bits per heavy atom. The molecule has 0 atom stereocenters. The van der Waals surface area contributed by atoms with Gasteiger partial charge in [-0.3, -0.25) is 0 Å². The lowest BCUT2D eigenvalue weighted by atomic mass is 10.0. The summed E-state index contributed by atoms with van der Waals surface area (Å²) >= 11 is 0. The molecule has 2 aromatic carbocycles. The molecule has 1 aliphatic rings. The lowest BCUT2D eigenvalue weighted by molar-refractivity contribution is -0.274. The number of fused-ring (bicyclic) bond motifs is 1. The zero-order valence-corrected chi connectivity index (χ0v) is 13.5. The smallest absolute Gasteiger partial charge is 0.493 e. The van der Waals surface area contributed by atoms with Gasteiger partial charge in [0, 0.05) is 0 Å². The Kier molecular flexibility index (Phi) is 3.90. The highest BCUT2D eigenvalue weighted by molar-refractivity contribution is 5.85. The van der Waals surface area contributed by atoms with Gasteiger partial charge < -0.3 is 19.4 Å². The third-order valence-electron chi connectivity index (χ3n) is 4.19. The van der Waals surface area contributed by atoms with E-state index in [0.717, 1.165) is 12.8 Å². The summed E-state index contributed by atoms with van der Waals surface area (Å²) in [5.41, 5.74) is 1.32. The Balaban J connectivity index is 1.81. The summed E-state index contributed by atoms with van der Waals surface area (Å²) in [6.45, 7) is 0.450. The van der Waals surface area contributed by atoms with Crippen molar-refractivity contribution in [3.63, 3.8) is 0 Å². The van der Waals surface area contributed by atoms with Crippen LogP contribution in [-0.2, 0) is 0 Å². The van der Waals surface area contributed by atoms with E-state index in [2.05, 4.69) is 14.7 Å². The van der Waals surface area contributed by atoms with E-state index in [1.165, 1.54) is 12.1 Å². The Bertz CT molecular complexity index is 1000. The molecular formula is C18H15F3N2O3. The predicted octanol–water partition coefficient (Wildman–Crippen LogP) is 4.21. The van der Waals surface area contributed by atoms with Gasteiger partial charge in [0.15, 0.2) is 0 Å². The number of hydrogen-bond donors (Lipinski definition) is 2. The Hall–Kier alpha value is -2.90. The topological polar surface area (TPSA) is 67.1 Å². The van der Waals surface area contributed by atoms with Crippen LogP contribution in [0, 0.1) is 5.92 Å². The number of imidazole rings is 1. The van der Waals surface area contributed by atoms with E-state index in [-0.39, 0.29) is 17.0 Å². The largest absolute Gasteiger partial charge is 0.573 e. The van der Waals surface area contributed by atoms with Crippen LogP contribution in [0.4, 0.5) is 13.2 Å². The number of aromatic nitrogens is 2. The molecule has 136 valence electrons. The third kappa shape index (κ3) is 3.54. The lowest BCUT2D eigenvalue weighted by Crippen LogP contribution is -2.18. The van der Waals surface area contributed by atoms with Gasteiger partial charge in [-0.25, -0.2) is 4.79 Å². The van der Waals surface area contributed by atoms with E-state index in [9.17, 15) is 18.0 Å². The quantitative estimate of drug-likeness (QED) is 0.713. The van der Waals surface area contributed by atoms with Gasteiger partial charge in [0.2, 0.25) is 0 Å². The highest BCUT2D eigenvalue weighted by atomic mass is 19.4. The van der Waals surface area contributed by atoms with Crippen molar-refractivity contribution in [1.29, 1.82) is 0 Å². The number of ether oxygens (including phenoxy) is 2. The lowest BCUT2D eigenvalue weighted by Gasteiger charge is -2.17.